The van der Waals surface area contributed by atoms with Gasteiger partial charge in [-0.15, -0.1) is 0 Å². The number of rotatable bonds is 7. The van der Waals surface area contributed by atoms with Gasteiger partial charge in [-0.05, 0) is 48.2 Å². The largest absolute Gasteiger partial charge is 0.496 e. The second-order valence-electron chi connectivity index (χ2n) is 5.70. The summed E-state index contributed by atoms with van der Waals surface area (Å²) < 4.78 is 34.0. The zero-order valence-corrected chi connectivity index (χ0v) is 16.4. The number of nitrogens with one attached hydrogen (secondary N) is 1. The molecule has 6 heteroatoms. The van der Waals surface area contributed by atoms with Crippen LogP contribution >= 0.6 is 15.9 Å². The van der Waals surface area contributed by atoms with Crippen molar-refractivity contribution in [1.82, 2.24) is 4.72 Å². The minimum Gasteiger partial charge on any atom is -0.496 e. The van der Waals surface area contributed by atoms with Crippen LogP contribution in [0.15, 0.2) is 46.9 Å². The van der Waals surface area contributed by atoms with E-state index in [0.29, 0.717) is 6.42 Å². The Bertz CT molecular complexity index is 806. The molecule has 0 unspecified atom stereocenters. The summed E-state index contributed by atoms with van der Waals surface area (Å²) in [5.41, 5.74) is 2.67. The van der Waals surface area contributed by atoms with Crippen LogP contribution in [-0.2, 0) is 15.8 Å². The van der Waals surface area contributed by atoms with Gasteiger partial charge < -0.3 is 4.74 Å². The summed E-state index contributed by atoms with van der Waals surface area (Å²) in [6.07, 6.45) is 0.670. The van der Waals surface area contributed by atoms with E-state index in [0.717, 1.165) is 26.9 Å². The second kappa shape index (κ2) is 8.14. The van der Waals surface area contributed by atoms with Gasteiger partial charge in [-0.25, -0.2) is 13.1 Å². The maximum absolute atomic E-state index is 12.5. The average Bonchev–Trinajstić information content (AvgIpc) is 2.52. The lowest BCUT2D eigenvalue weighted by atomic mass is 10.0. The molecule has 0 saturated carbocycles. The first-order valence-electron chi connectivity index (χ1n) is 7.73. The average molecular weight is 412 g/mol. The highest BCUT2D eigenvalue weighted by atomic mass is 79.9. The summed E-state index contributed by atoms with van der Waals surface area (Å²) in [5.74, 6) is 0.753. The molecule has 0 aromatic heterocycles. The van der Waals surface area contributed by atoms with Crippen LogP contribution in [-0.4, -0.2) is 15.5 Å². The van der Waals surface area contributed by atoms with Crippen LogP contribution in [0, 0.1) is 6.92 Å². The van der Waals surface area contributed by atoms with E-state index in [2.05, 4.69) is 20.7 Å². The summed E-state index contributed by atoms with van der Waals surface area (Å²) in [6, 6.07) is 12.8. The van der Waals surface area contributed by atoms with Crippen molar-refractivity contribution in [2.45, 2.75) is 32.1 Å². The van der Waals surface area contributed by atoms with E-state index in [1.54, 1.807) is 7.11 Å². The molecule has 2 aromatic carbocycles. The number of methoxy groups -OCH3 is 1. The fraction of sp³-hybridized carbons (Fsp3) is 0.333. The monoisotopic (exact) mass is 411 g/mol. The van der Waals surface area contributed by atoms with Crippen LogP contribution in [0.3, 0.4) is 0 Å². The molecule has 0 radical (unpaired) electrons. The second-order valence-corrected chi connectivity index (χ2v) is 8.37. The molecule has 0 bridgehead atoms. The minimum atomic E-state index is -3.44. The molecule has 0 aliphatic rings. The Labute approximate surface area is 152 Å². The maximum Gasteiger partial charge on any atom is 0.216 e. The zero-order chi connectivity index (χ0) is 17.7. The summed E-state index contributed by atoms with van der Waals surface area (Å²) in [4.78, 5) is 0. The SMILES string of the molecule is CC[C@@H](NS(=O)(=O)Cc1cccc(Br)c1)c1ccc(OC)c(C)c1. The van der Waals surface area contributed by atoms with E-state index in [-0.39, 0.29) is 11.8 Å². The minimum absolute atomic E-state index is 0.0436. The first kappa shape index (κ1) is 19.0. The summed E-state index contributed by atoms with van der Waals surface area (Å²) in [6.45, 7) is 3.91. The molecule has 24 heavy (non-hydrogen) atoms. The Hall–Kier alpha value is -1.37. The van der Waals surface area contributed by atoms with Gasteiger partial charge in [-0.1, -0.05) is 47.1 Å². The van der Waals surface area contributed by atoms with Gasteiger partial charge in [-0.2, -0.15) is 0 Å². The van der Waals surface area contributed by atoms with Crippen molar-refractivity contribution < 1.29 is 13.2 Å². The fourth-order valence-corrected chi connectivity index (χ4v) is 4.49. The highest BCUT2D eigenvalue weighted by Gasteiger charge is 2.19. The fourth-order valence-electron chi connectivity index (χ4n) is 2.61. The predicted octanol–water partition coefficient (Wildman–Crippen LogP) is 4.34. The normalized spacial score (nSPS) is 12.8. The Morgan fingerprint density at radius 3 is 2.54 bits per heavy atom. The number of hydrogen-bond donors (Lipinski definition) is 1. The van der Waals surface area contributed by atoms with E-state index in [1.807, 2.05) is 56.3 Å². The lowest BCUT2D eigenvalue weighted by molar-refractivity contribution is 0.411. The van der Waals surface area contributed by atoms with E-state index in [9.17, 15) is 8.42 Å². The van der Waals surface area contributed by atoms with Crippen molar-refractivity contribution in [2.24, 2.45) is 0 Å². The molecule has 0 aliphatic heterocycles. The molecule has 4 nitrogen and oxygen atoms in total. The lowest BCUT2D eigenvalue weighted by Gasteiger charge is -2.19. The van der Waals surface area contributed by atoms with Gasteiger partial charge >= 0.3 is 0 Å². The van der Waals surface area contributed by atoms with Crippen molar-refractivity contribution in [3.05, 3.63) is 63.6 Å². The predicted molar refractivity (Wildman–Crippen MR) is 101 cm³/mol. The molecular formula is C18H22BrNO3S. The van der Waals surface area contributed by atoms with Crippen LogP contribution in [0.5, 0.6) is 5.75 Å². The van der Waals surface area contributed by atoms with Crippen molar-refractivity contribution in [2.75, 3.05) is 7.11 Å². The van der Waals surface area contributed by atoms with E-state index < -0.39 is 10.0 Å². The number of aryl methyl sites for hydroxylation is 1. The van der Waals surface area contributed by atoms with Crippen molar-refractivity contribution in [3.8, 4) is 5.75 Å². The van der Waals surface area contributed by atoms with Gasteiger partial charge in [0.25, 0.3) is 0 Å². The smallest absolute Gasteiger partial charge is 0.216 e. The maximum atomic E-state index is 12.5. The van der Waals surface area contributed by atoms with Crippen molar-refractivity contribution >= 4 is 26.0 Å². The van der Waals surface area contributed by atoms with Gasteiger partial charge in [0, 0.05) is 10.5 Å². The molecule has 0 saturated heterocycles. The summed E-state index contributed by atoms with van der Waals surface area (Å²) >= 11 is 3.37. The zero-order valence-electron chi connectivity index (χ0n) is 14.0. The highest BCUT2D eigenvalue weighted by molar-refractivity contribution is 9.10. The first-order valence-corrected chi connectivity index (χ1v) is 10.2. The van der Waals surface area contributed by atoms with Crippen LogP contribution < -0.4 is 9.46 Å². The molecular weight excluding hydrogens is 390 g/mol. The lowest BCUT2D eigenvalue weighted by Crippen LogP contribution is -2.29. The number of benzene rings is 2. The Morgan fingerprint density at radius 1 is 1.21 bits per heavy atom. The van der Waals surface area contributed by atoms with Gasteiger partial charge in [0.2, 0.25) is 10.0 Å². The molecule has 0 amide bonds. The van der Waals surface area contributed by atoms with E-state index >= 15 is 0 Å². The molecule has 0 spiro atoms. The molecule has 0 heterocycles. The quantitative estimate of drug-likeness (QED) is 0.736. The van der Waals surface area contributed by atoms with Crippen molar-refractivity contribution in [3.63, 3.8) is 0 Å². The molecule has 0 fully saturated rings. The van der Waals surface area contributed by atoms with E-state index in [4.69, 9.17) is 4.74 Å². The van der Waals surface area contributed by atoms with Gasteiger partial charge in [0.15, 0.2) is 0 Å². The third-order valence-electron chi connectivity index (χ3n) is 3.80. The Kier molecular flexibility index (Phi) is 6.43. The molecule has 1 N–H and O–H groups in total. The topological polar surface area (TPSA) is 55.4 Å². The Morgan fingerprint density at radius 2 is 1.96 bits per heavy atom. The van der Waals surface area contributed by atoms with Crippen LogP contribution in [0.25, 0.3) is 0 Å². The number of ether oxygens (including phenoxy) is 1. The number of hydrogen-bond acceptors (Lipinski definition) is 3. The van der Waals surface area contributed by atoms with Crippen LogP contribution in [0.4, 0.5) is 0 Å². The molecule has 130 valence electrons. The van der Waals surface area contributed by atoms with Gasteiger partial charge in [0.1, 0.15) is 5.75 Å². The molecule has 2 aromatic rings. The molecule has 1 atom stereocenters. The van der Waals surface area contributed by atoms with E-state index in [1.165, 1.54) is 0 Å². The van der Waals surface area contributed by atoms with Crippen LogP contribution in [0.2, 0.25) is 0 Å². The first-order chi connectivity index (χ1) is 11.3. The third kappa shape index (κ3) is 5.06. The standard InChI is InChI=1S/C18H22BrNO3S/c1-4-17(15-8-9-18(23-3)13(2)10-15)20-24(21,22)12-14-6-5-7-16(19)11-14/h5-11,17,20H,4,12H2,1-3H3/t17-/m1/s1. The summed E-state index contributed by atoms with van der Waals surface area (Å²) in [7, 11) is -1.82. The molecule has 2 rings (SSSR count). The highest BCUT2D eigenvalue weighted by Crippen LogP contribution is 2.25. The Balaban J connectivity index is 2.18. The third-order valence-corrected chi connectivity index (χ3v) is 5.65. The summed E-state index contributed by atoms with van der Waals surface area (Å²) in [5, 5.41) is 0. The van der Waals surface area contributed by atoms with Crippen molar-refractivity contribution in [1.29, 1.82) is 0 Å². The van der Waals surface area contributed by atoms with Crippen LogP contribution in [0.1, 0.15) is 36.1 Å². The van der Waals surface area contributed by atoms with Gasteiger partial charge in [-0.3, -0.25) is 0 Å². The molecule has 0 aliphatic carbocycles. The number of halogens is 1. The van der Waals surface area contributed by atoms with Gasteiger partial charge in [0.05, 0.1) is 12.9 Å². The number of sulfonamides is 1.